The van der Waals surface area contributed by atoms with Gasteiger partial charge >= 0.3 is 0 Å². The number of nitrogens with zero attached hydrogens (tertiary/aromatic N) is 1. The Balaban J connectivity index is 1.56. The van der Waals surface area contributed by atoms with E-state index in [0.29, 0.717) is 4.90 Å². The van der Waals surface area contributed by atoms with Crippen molar-refractivity contribution in [3.63, 3.8) is 0 Å². The molecular weight excluding hydrogens is 398 g/mol. The molecule has 0 saturated carbocycles. The number of benzene rings is 2. The van der Waals surface area contributed by atoms with Gasteiger partial charge in [-0.2, -0.15) is 0 Å². The summed E-state index contributed by atoms with van der Waals surface area (Å²) in [5.41, 5.74) is 1.15. The predicted octanol–water partition coefficient (Wildman–Crippen LogP) is 4.48. The number of hydrogen-bond donors (Lipinski definition) is 0. The van der Waals surface area contributed by atoms with Crippen LogP contribution in [0.1, 0.15) is 44.1 Å². The molecule has 30 heavy (non-hydrogen) atoms. The molecule has 6 heteroatoms. The molecule has 162 valence electrons. The summed E-state index contributed by atoms with van der Waals surface area (Å²) in [6, 6.07) is 14.9. The second-order valence-corrected chi connectivity index (χ2v) is 10.4. The van der Waals surface area contributed by atoms with E-state index in [0.717, 1.165) is 43.1 Å². The van der Waals surface area contributed by atoms with Gasteiger partial charge in [0.25, 0.3) is 0 Å². The van der Waals surface area contributed by atoms with Crippen LogP contribution in [-0.4, -0.2) is 45.5 Å². The number of ether oxygens (including phenoxy) is 2. The lowest BCUT2D eigenvalue weighted by atomic mass is 9.81. The second kappa shape index (κ2) is 9.40. The highest BCUT2D eigenvalue weighted by Gasteiger charge is 2.34. The molecule has 0 aromatic heterocycles. The zero-order chi connectivity index (χ0) is 21.0. The molecule has 5 nitrogen and oxygen atoms in total. The zero-order valence-corrected chi connectivity index (χ0v) is 18.4. The molecule has 2 aromatic carbocycles. The summed E-state index contributed by atoms with van der Waals surface area (Å²) in [7, 11) is -3.34. The first-order valence-electron chi connectivity index (χ1n) is 11.0. The molecule has 2 aliphatic rings. The van der Waals surface area contributed by atoms with Gasteiger partial charge < -0.3 is 14.4 Å². The van der Waals surface area contributed by atoms with Gasteiger partial charge in [-0.1, -0.05) is 44.0 Å². The van der Waals surface area contributed by atoms with E-state index in [4.69, 9.17) is 9.47 Å². The number of piperidine rings is 1. The Bertz CT molecular complexity index is 945. The van der Waals surface area contributed by atoms with Crippen molar-refractivity contribution in [2.24, 2.45) is 5.92 Å². The van der Waals surface area contributed by atoms with Crippen LogP contribution < -0.4 is 9.47 Å². The van der Waals surface area contributed by atoms with Crippen LogP contribution in [-0.2, 0) is 9.84 Å². The lowest BCUT2D eigenvalue weighted by Crippen LogP contribution is -2.42. The number of unbranched alkanes of at least 4 members (excludes halogenated alkanes) is 2. The second-order valence-electron chi connectivity index (χ2n) is 8.37. The number of likely N-dealkylation sites (tertiary alicyclic amines) is 1. The van der Waals surface area contributed by atoms with Gasteiger partial charge in [0.2, 0.25) is 6.79 Å². The fraction of sp³-hybridized carbons (Fsp3) is 0.500. The highest BCUT2D eigenvalue weighted by molar-refractivity contribution is 7.91. The summed E-state index contributed by atoms with van der Waals surface area (Å²) in [5.74, 6) is 1.94. The minimum Gasteiger partial charge on any atom is -0.454 e. The van der Waals surface area contributed by atoms with Crippen LogP contribution in [0.4, 0.5) is 0 Å². The maximum absolute atomic E-state index is 13.2. The van der Waals surface area contributed by atoms with Crippen molar-refractivity contribution in [3.8, 4) is 11.5 Å². The van der Waals surface area contributed by atoms with Crippen LogP contribution in [0.5, 0.6) is 11.5 Å². The molecule has 2 aromatic rings. The summed E-state index contributed by atoms with van der Waals surface area (Å²) >= 11 is 0. The molecule has 0 N–H and O–H groups in total. The van der Waals surface area contributed by atoms with Gasteiger partial charge in [0.05, 0.1) is 10.6 Å². The third-order valence-electron chi connectivity index (χ3n) is 6.26. The van der Waals surface area contributed by atoms with Crippen LogP contribution in [0.25, 0.3) is 0 Å². The normalized spacial score (nSPS) is 21.6. The average Bonchev–Trinajstić information content (AvgIpc) is 3.22. The topological polar surface area (TPSA) is 55.8 Å². The van der Waals surface area contributed by atoms with E-state index < -0.39 is 9.84 Å². The quantitative estimate of drug-likeness (QED) is 0.579. The van der Waals surface area contributed by atoms with Crippen molar-refractivity contribution in [1.82, 2.24) is 4.90 Å². The Morgan fingerprint density at radius 2 is 1.83 bits per heavy atom. The molecule has 0 radical (unpaired) electrons. The SMILES string of the molecule is CCCCCN1CC[C@H](c2ccc3c(c2)OCO3)[C@@H](CS(=O)(=O)c2ccccc2)C1. The molecule has 1 saturated heterocycles. The standard InChI is InChI=1S/C24H31NO4S/c1-2-3-7-13-25-14-12-22(19-10-11-23-24(15-19)29-18-28-23)20(16-25)17-30(26,27)21-8-5-4-6-9-21/h4-6,8-11,15,20,22H,2-3,7,12-14,16-18H2,1H3/t20-,22-/m1/s1. The van der Waals surface area contributed by atoms with Crippen LogP contribution in [0.15, 0.2) is 53.4 Å². The van der Waals surface area contributed by atoms with Crippen LogP contribution >= 0.6 is 0 Å². The molecule has 1 fully saturated rings. The Kier molecular flexibility index (Phi) is 6.64. The van der Waals surface area contributed by atoms with Gasteiger partial charge in [-0.05, 0) is 67.6 Å². The summed E-state index contributed by atoms with van der Waals surface area (Å²) in [4.78, 5) is 2.86. The van der Waals surface area contributed by atoms with E-state index in [2.05, 4.69) is 17.9 Å². The minimum absolute atomic E-state index is 0.0472. The number of sulfone groups is 1. The summed E-state index contributed by atoms with van der Waals surface area (Å²) < 4.78 is 37.4. The number of hydrogen-bond acceptors (Lipinski definition) is 5. The van der Waals surface area contributed by atoms with Gasteiger partial charge in [0.15, 0.2) is 21.3 Å². The van der Waals surface area contributed by atoms with Gasteiger partial charge in [0, 0.05) is 6.54 Å². The van der Waals surface area contributed by atoms with Crippen LogP contribution in [0.2, 0.25) is 0 Å². The molecule has 2 atom stereocenters. The molecule has 0 amide bonds. The molecule has 2 heterocycles. The maximum Gasteiger partial charge on any atom is 0.231 e. The molecule has 0 spiro atoms. The highest BCUT2D eigenvalue weighted by atomic mass is 32.2. The Morgan fingerprint density at radius 1 is 1.03 bits per heavy atom. The van der Waals surface area contributed by atoms with Gasteiger partial charge in [-0.15, -0.1) is 0 Å². The Morgan fingerprint density at radius 3 is 2.63 bits per heavy atom. The van der Waals surface area contributed by atoms with E-state index in [1.54, 1.807) is 24.3 Å². The van der Waals surface area contributed by atoms with Crippen molar-refractivity contribution in [2.45, 2.75) is 43.4 Å². The molecule has 0 bridgehead atoms. The highest BCUT2D eigenvalue weighted by Crippen LogP contribution is 2.40. The van der Waals surface area contributed by atoms with Crippen molar-refractivity contribution in [3.05, 3.63) is 54.1 Å². The van der Waals surface area contributed by atoms with Crippen LogP contribution in [0, 0.1) is 5.92 Å². The van der Waals surface area contributed by atoms with Gasteiger partial charge in [0.1, 0.15) is 0 Å². The summed E-state index contributed by atoms with van der Waals surface area (Å²) in [5, 5.41) is 0. The van der Waals surface area contributed by atoms with Crippen molar-refractivity contribution in [1.29, 1.82) is 0 Å². The Labute approximate surface area is 179 Å². The van der Waals surface area contributed by atoms with Gasteiger partial charge in [-0.3, -0.25) is 0 Å². The van der Waals surface area contributed by atoms with Gasteiger partial charge in [-0.25, -0.2) is 8.42 Å². The van der Waals surface area contributed by atoms with Crippen molar-refractivity contribution >= 4 is 9.84 Å². The summed E-state index contributed by atoms with van der Waals surface area (Å²) in [6.45, 7) is 5.32. The van der Waals surface area contributed by atoms with E-state index in [1.165, 1.54) is 19.3 Å². The molecule has 0 unspecified atom stereocenters. The van der Waals surface area contributed by atoms with E-state index in [1.807, 2.05) is 18.2 Å². The third-order valence-corrected chi connectivity index (χ3v) is 8.11. The van der Waals surface area contributed by atoms with E-state index >= 15 is 0 Å². The lowest BCUT2D eigenvalue weighted by Gasteiger charge is -2.39. The summed E-state index contributed by atoms with van der Waals surface area (Å²) in [6.07, 6.45) is 4.54. The fourth-order valence-electron chi connectivity index (χ4n) is 4.65. The minimum atomic E-state index is -3.34. The Hall–Kier alpha value is -2.05. The first-order valence-corrected chi connectivity index (χ1v) is 12.6. The molecular formula is C24H31NO4S. The average molecular weight is 430 g/mol. The van der Waals surface area contributed by atoms with E-state index in [-0.39, 0.29) is 24.4 Å². The van der Waals surface area contributed by atoms with Crippen LogP contribution in [0.3, 0.4) is 0 Å². The van der Waals surface area contributed by atoms with E-state index in [9.17, 15) is 8.42 Å². The number of fused-ring (bicyclic) bond motifs is 1. The first-order chi connectivity index (χ1) is 14.6. The third kappa shape index (κ3) is 4.81. The largest absolute Gasteiger partial charge is 0.454 e. The molecule has 0 aliphatic carbocycles. The molecule has 4 rings (SSSR count). The molecule has 2 aliphatic heterocycles. The monoisotopic (exact) mass is 429 g/mol. The zero-order valence-electron chi connectivity index (χ0n) is 17.6. The predicted molar refractivity (Wildman–Crippen MR) is 118 cm³/mol. The smallest absolute Gasteiger partial charge is 0.231 e. The van der Waals surface area contributed by atoms with Crippen molar-refractivity contribution in [2.75, 3.05) is 32.2 Å². The maximum atomic E-state index is 13.2. The number of rotatable bonds is 8. The first kappa shape index (κ1) is 21.2. The fourth-order valence-corrected chi connectivity index (χ4v) is 6.32. The van der Waals surface area contributed by atoms with Crippen molar-refractivity contribution < 1.29 is 17.9 Å². The lowest BCUT2D eigenvalue weighted by molar-refractivity contribution is 0.161.